The van der Waals surface area contributed by atoms with E-state index in [0.29, 0.717) is 31.0 Å². The Bertz CT molecular complexity index is 873. The van der Waals surface area contributed by atoms with E-state index >= 15 is 0 Å². The van der Waals surface area contributed by atoms with Gasteiger partial charge >= 0.3 is 0 Å². The summed E-state index contributed by atoms with van der Waals surface area (Å²) in [6.45, 7) is 4.57. The largest absolute Gasteiger partial charge is 0.363 e. The minimum atomic E-state index is -4.03. The zero-order chi connectivity index (χ0) is 17.3. The van der Waals surface area contributed by atoms with Crippen molar-refractivity contribution in [2.24, 2.45) is 0 Å². The zero-order valence-electron chi connectivity index (χ0n) is 13.5. The maximum absolute atomic E-state index is 12.5. The van der Waals surface area contributed by atoms with Crippen LogP contribution in [0.15, 0.2) is 35.5 Å². The molecule has 2 aromatic rings. The summed E-state index contributed by atoms with van der Waals surface area (Å²) < 4.78 is 34.1. The molecule has 1 N–H and O–H groups in total. The van der Waals surface area contributed by atoms with Gasteiger partial charge in [-0.2, -0.15) is 8.42 Å². The van der Waals surface area contributed by atoms with Crippen molar-refractivity contribution >= 4 is 15.9 Å². The smallest absolute Gasteiger partial charge is 0.283 e. The van der Waals surface area contributed by atoms with Gasteiger partial charge in [-0.1, -0.05) is 24.3 Å². The van der Waals surface area contributed by atoms with Crippen molar-refractivity contribution in [2.75, 3.05) is 6.61 Å². The first-order chi connectivity index (χ1) is 11.4. The van der Waals surface area contributed by atoms with Crippen molar-refractivity contribution in [1.29, 1.82) is 0 Å². The van der Waals surface area contributed by atoms with Crippen molar-refractivity contribution in [3.63, 3.8) is 0 Å². The van der Waals surface area contributed by atoms with Gasteiger partial charge in [-0.25, -0.2) is 9.71 Å². The molecule has 0 bridgehead atoms. The molecular weight excluding hydrogens is 330 g/mol. The predicted molar refractivity (Wildman–Crippen MR) is 86.8 cm³/mol. The molecule has 1 aliphatic rings. The molecule has 0 fully saturated rings. The molecule has 1 aromatic heterocycles. The number of imidazole rings is 1. The number of carbonyl (C=O) groups excluding carboxylic acids is 1. The lowest BCUT2D eigenvalue weighted by Gasteiger charge is -2.24. The van der Waals surface area contributed by atoms with Gasteiger partial charge in [-0.15, -0.1) is 0 Å². The topological polar surface area (TPSA) is 90.3 Å². The van der Waals surface area contributed by atoms with Crippen LogP contribution in [0.2, 0.25) is 0 Å². The molecule has 128 valence electrons. The molecule has 0 saturated heterocycles. The van der Waals surface area contributed by atoms with Crippen LogP contribution in [0.1, 0.15) is 30.0 Å². The van der Waals surface area contributed by atoms with E-state index in [-0.39, 0.29) is 5.03 Å². The third-order valence-electron chi connectivity index (χ3n) is 4.04. The molecule has 2 heterocycles. The number of benzene rings is 1. The van der Waals surface area contributed by atoms with Crippen molar-refractivity contribution in [3.8, 4) is 0 Å². The van der Waals surface area contributed by atoms with Gasteiger partial charge in [-0.3, -0.25) is 4.79 Å². The number of aromatic nitrogens is 2. The van der Waals surface area contributed by atoms with Gasteiger partial charge < -0.3 is 9.30 Å². The van der Waals surface area contributed by atoms with Crippen molar-refractivity contribution in [2.45, 2.75) is 37.9 Å². The fourth-order valence-corrected chi connectivity index (χ4v) is 3.77. The Morgan fingerprint density at radius 3 is 2.88 bits per heavy atom. The van der Waals surface area contributed by atoms with Crippen LogP contribution in [0.4, 0.5) is 0 Å². The zero-order valence-corrected chi connectivity index (χ0v) is 14.3. The number of sulfonamides is 1. The van der Waals surface area contributed by atoms with Gasteiger partial charge in [0.25, 0.3) is 15.9 Å². The fourth-order valence-electron chi connectivity index (χ4n) is 2.78. The van der Waals surface area contributed by atoms with Crippen molar-refractivity contribution in [3.05, 3.63) is 47.4 Å². The first kappa shape index (κ1) is 16.7. The first-order valence-electron chi connectivity index (χ1n) is 7.72. The summed E-state index contributed by atoms with van der Waals surface area (Å²) in [6, 6.07) is 7.38. The summed E-state index contributed by atoms with van der Waals surface area (Å²) in [6.07, 6.45) is 1.19. The molecule has 0 radical (unpaired) electrons. The molecule has 0 aliphatic carbocycles. The van der Waals surface area contributed by atoms with Crippen LogP contribution in [0.5, 0.6) is 0 Å². The van der Waals surface area contributed by atoms with Crippen LogP contribution in [-0.4, -0.2) is 30.5 Å². The predicted octanol–water partition coefficient (Wildman–Crippen LogP) is 1.33. The lowest BCUT2D eigenvalue weighted by atomic mass is 9.97. The normalized spacial score (nSPS) is 17.3. The van der Waals surface area contributed by atoms with Gasteiger partial charge in [0.1, 0.15) is 5.82 Å². The quantitative estimate of drug-likeness (QED) is 0.899. The van der Waals surface area contributed by atoms with E-state index in [2.05, 4.69) is 9.71 Å². The third kappa shape index (κ3) is 3.07. The molecular formula is C16H19N3O4S. The molecule has 1 atom stereocenters. The van der Waals surface area contributed by atoms with E-state index in [1.54, 1.807) is 23.6 Å². The Kier molecular flexibility index (Phi) is 4.42. The third-order valence-corrected chi connectivity index (χ3v) is 5.25. The van der Waals surface area contributed by atoms with E-state index < -0.39 is 22.0 Å². The Labute approximate surface area is 140 Å². The highest BCUT2D eigenvalue weighted by Gasteiger charge is 2.31. The summed E-state index contributed by atoms with van der Waals surface area (Å²) >= 11 is 0. The Balaban J connectivity index is 1.84. The van der Waals surface area contributed by atoms with Gasteiger partial charge in [0.2, 0.25) is 0 Å². The van der Waals surface area contributed by atoms with Crippen LogP contribution in [0, 0.1) is 6.92 Å². The second-order valence-corrected chi connectivity index (χ2v) is 7.21. The van der Waals surface area contributed by atoms with E-state index in [1.165, 1.54) is 6.20 Å². The molecule has 1 aliphatic heterocycles. The Hall–Kier alpha value is -2.19. The van der Waals surface area contributed by atoms with E-state index in [0.717, 1.165) is 5.56 Å². The highest BCUT2D eigenvalue weighted by Crippen LogP contribution is 2.27. The number of hydrogen-bond acceptors (Lipinski definition) is 5. The highest BCUT2D eigenvalue weighted by atomic mass is 32.2. The van der Waals surface area contributed by atoms with Crippen LogP contribution in [-0.2, 0) is 32.5 Å². The van der Waals surface area contributed by atoms with Crippen LogP contribution in [0.25, 0.3) is 0 Å². The number of nitrogens with zero attached hydrogens (tertiary/aromatic N) is 2. The lowest BCUT2D eigenvalue weighted by molar-refractivity contribution is -0.132. The van der Waals surface area contributed by atoms with Crippen molar-refractivity contribution in [1.82, 2.24) is 14.3 Å². The SMILES string of the molecule is CCn1cc(S(=O)(=O)NC(=O)[C@H]2OCCc3ccccc32)nc1C. The Morgan fingerprint density at radius 2 is 2.17 bits per heavy atom. The molecule has 1 aromatic carbocycles. The lowest BCUT2D eigenvalue weighted by Crippen LogP contribution is -2.37. The number of rotatable bonds is 4. The molecule has 24 heavy (non-hydrogen) atoms. The van der Waals surface area contributed by atoms with Crippen LogP contribution >= 0.6 is 0 Å². The van der Waals surface area contributed by atoms with Gasteiger partial charge in [0, 0.05) is 12.7 Å². The summed E-state index contributed by atoms with van der Waals surface area (Å²) in [5.74, 6) is -0.129. The second-order valence-electron chi connectivity index (χ2n) is 5.58. The highest BCUT2D eigenvalue weighted by molar-refractivity contribution is 7.90. The van der Waals surface area contributed by atoms with E-state index in [9.17, 15) is 13.2 Å². The molecule has 8 heteroatoms. The molecule has 0 unspecified atom stereocenters. The van der Waals surface area contributed by atoms with Gasteiger partial charge in [0.15, 0.2) is 11.1 Å². The molecule has 1 amide bonds. The number of ether oxygens (including phenoxy) is 1. The van der Waals surface area contributed by atoms with Crippen LogP contribution < -0.4 is 4.72 Å². The summed E-state index contributed by atoms with van der Waals surface area (Å²) in [5.41, 5.74) is 1.69. The number of hydrogen-bond donors (Lipinski definition) is 1. The van der Waals surface area contributed by atoms with Crippen molar-refractivity contribution < 1.29 is 17.9 Å². The minimum absolute atomic E-state index is 0.167. The van der Waals surface area contributed by atoms with E-state index in [4.69, 9.17) is 4.74 Å². The number of carbonyl (C=O) groups is 1. The minimum Gasteiger partial charge on any atom is -0.363 e. The molecule has 0 saturated carbocycles. The first-order valence-corrected chi connectivity index (χ1v) is 9.20. The summed E-state index contributed by atoms with van der Waals surface area (Å²) in [4.78, 5) is 16.5. The summed E-state index contributed by atoms with van der Waals surface area (Å²) in [7, 11) is -4.03. The summed E-state index contributed by atoms with van der Waals surface area (Å²) in [5, 5.41) is -0.167. The van der Waals surface area contributed by atoms with Crippen LogP contribution in [0.3, 0.4) is 0 Å². The molecule has 7 nitrogen and oxygen atoms in total. The van der Waals surface area contributed by atoms with E-state index in [1.807, 2.05) is 19.1 Å². The average Bonchev–Trinajstić information content (AvgIpc) is 2.95. The van der Waals surface area contributed by atoms with Gasteiger partial charge in [0.05, 0.1) is 6.61 Å². The number of fused-ring (bicyclic) bond motifs is 1. The number of amides is 1. The number of nitrogens with one attached hydrogen (secondary N) is 1. The molecule has 3 rings (SSSR count). The molecule has 0 spiro atoms. The maximum atomic E-state index is 12.5. The second kappa shape index (κ2) is 6.37. The fraction of sp³-hybridized carbons (Fsp3) is 0.375. The number of aryl methyl sites for hydroxylation is 2. The average molecular weight is 349 g/mol. The monoisotopic (exact) mass is 349 g/mol. The van der Waals surface area contributed by atoms with Gasteiger partial charge in [-0.05, 0) is 31.4 Å². The standard InChI is InChI=1S/C16H19N3O4S/c1-3-19-10-14(17-11(19)2)24(21,22)18-16(20)15-13-7-5-4-6-12(13)8-9-23-15/h4-7,10,15H,3,8-9H2,1-2H3,(H,18,20)/t15-/m0/s1. The Morgan fingerprint density at radius 1 is 1.42 bits per heavy atom. The maximum Gasteiger partial charge on any atom is 0.283 e.